The molecule has 5 N–H and O–H groups in total. The van der Waals surface area contributed by atoms with Crippen LogP contribution in [0, 0.1) is 5.92 Å². The Morgan fingerprint density at radius 3 is 2.19 bits per heavy atom. The monoisotopic (exact) mass is 851 g/mol. The summed E-state index contributed by atoms with van der Waals surface area (Å²) in [4.78, 5) is 66.4. The van der Waals surface area contributed by atoms with E-state index < -0.39 is 18.2 Å². The molecule has 0 saturated carbocycles. The molecule has 1 unspecified atom stereocenters. The predicted molar refractivity (Wildman–Crippen MR) is 243 cm³/mol. The van der Waals surface area contributed by atoms with Gasteiger partial charge in [-0.25, -0.2) is 9.78 Å². The lowest BCUT2D eigenvalue weighted by Gasteiger charge is -2.34. The van der Waals surface area contributed by atoms with E-state index in [9.17, 15) is 19.2 Å². The minimum absolute atomic E-state index is 0.0712. The highest BCUT2D eigenvalue weighted by Crippen LogP contribution is 2.35. The number of ether oxygens (including phenoxy) is 1. The number of H-pyrrole nitrogens is 1. The van der Waals surface area contributed by atoms with Gasteiger partial charge in [0.2, 0.25) is 17.7 Å². The Bertz CT molecular complexity index is 2480. The zero-order chi connectivity index (χ0) is 44.2. The third-order valence-corrected chi connectivity index (χ3v) is 12.3. The van der Waals surface area contributed by atoms with Crippen molar-refractivity contribution in [3.63, 3.8) is 0 Å². The van der Waals surface area contributed by atoms with Gasteiger partial charge in [-0.2, -0.15) is 0 Å². The normalized spacial score (nSPS) is 19.4. The first-order valence-electron chi connectivity index (χ1n) is 21.8. The summed E-state index contributed by atoms with van der Waals surface area (Å²) in [5.41, 5.74) is 6.81. The van der Waals surface area contributed by atoms with Gasteiger partial charge in [-0.3, -0.25) is 14.4 Å². The average molecular weight is 852 g/mol. The summed E-state index contributed by atoms with van der Waals surface area (Å²) in [6.07, 6.45) is 6.41. The van der Waals surface area contributed by atoms with Gasteiger partial charge >= 0.3 is 6.09 Å². The highest BCUT2D eigenvalue weighted by molar-refractivity contribution is 5.91. The molecular weight excluding hydrogens is 795 g/mol. The van der Waals surface area contributed by atoms with E-state index in [2.05, 4.69) is 86.9 Å². The number of methoxy groups -OCH3 is 1. The van der Waals surface area contributed by atoms with Gasteiger partial charge in [0.1, 0.15) is 24.1 Å². The summed E-state index contributed by atoms with van der Waals surface area (Å²) in [6, 6.07) is 29.0. The molecule has 4 aromatic carbocycles. The van der Waals surface area contributed by atoms with E-state index in [1.165, 1.54) is 7.11 Å². The van der Waals surface area contributed by atoms with Gasteiger partial charge in [0.15, 0.2) is 0 Å². The Hall–Kier alpha value is -6.67. The van der Waals surface area contributed by atoms with Crippen molar-refractivity contribution in [2.45, 2.75) is 69.9 Å². The first-order chi connectivity index (χ1) is 30.5. The second-order valence-corrected chi connectivity index (χ2v) is 17.3. The number of nitrogens with one attached hydrogen (secondary N) is 5. The summed E-state index contributed by atoms with van der Waals surface area (Å²) >= 11 is 0. The van der Waals surface area contributed by atoms with Gasteiger partial charge in [0, 0.05) is 19.3 Å². The lowest BCUT2D eigenvalue weighted by Crippen LogP contribution is -2.57. The number of nitrogens with zero attached hydrogens (tertiary/aromatic N) is 4. The van der Waals surface area contributed by atoms with Gasteiger partial charge in [-0.05, 0) is 96.4 Å². The van der Waals surface area contributed by atoms with Crippen molar-refractivity contribution in [2.75, 3.05) is 40.8 Å². The van der Waals surface area contributed by atoms with Crippen LogP contribution >= 0.6 is 0 Å². The minimum Gasteiger partial charge on any atom is -0.453 e. The van der Waals surface area contributed by atoms with Crippen molar-refractivity contribution in [1.82, 2.24) is 45.9 Å². The fraction of sp³-hybridized carbons (Fsp3) is 0.367. The number of hydrogen-bond donors (Lipinski definition) is 5. The number of fused-ring (bicyclic) bond motifs is 1. The first-order valence-corrected chi connectivity index (χ1v) is 21.8. The van der Waals surface area contributed by atoms with Crippen LogP contribution < -0.4 is 21.3 Å². The van der Waals surface area contributed by atoms with Crippen molar-refractivity contribution < 1.29 is 23.9 Å². The number of aromatic nitrogens is 2. The van der Waals surface area contributed by atoms with Crippen LogP contribution in [0.2, 0.25) is 0 Å². The maximum atomic E-state index is 14.1. The third kappa shape index (κ3) is 9.41. The molecule has 0 radical (unpaired) electrons. The number of aromatic amines is 1. The molecule has 328 valence electrons. The summed E-state index contributed by atoms with van der Waals surface area (Å²) in [5.74, 6) is 0.196. The number of rotatable bonds is 13. The number of alkyl carbamates (subject to hydrolysis) is 1. The van der Waals surface area contributed by atoms with E-state index in [1.807, 2.05) is 80.5 Å². The lowest BCUT2D eigenvalue weighted by molar-refractivity contribution is -0.137. The van der Waals surface area contributed by atoms with Crippen LogP contribution in [-0.4, -0.2) is 108 Å². The third-order valence-electron chi connectivity index (χ3n) is 12.3. The smallest absolute Gasteiger partial charge is 0.407 e. The molecule has 5 atom stereocenters. The van der Waals surface area contributed by atoms with Crippen LogP contribution in [0.15, 0.2) is 103 Å². The second kappa shape index (κ2) is 18.7. The van der Waals surface area contributed by atoms with Crippen molar-refractivity contribution in [3.05, 3.63) is 120 Å². The van der Waals surface area contributed by atoms with Crippen LogP contribution in [0.1, 0.15) is 68.6 Å². The molecule has 2 saturated heterocycles. The van der Waals surface area contributed by atoms with E-state index in [0.29, 0.717) is 13.1 Å². The molecule has 0 spiro atoms. The fourth-order valence-electron chi connectivity index (χ4n) is 9.08. The van der Waals surface area contributed by atoms with Crippen LogP contribution in [0.5, 0.6) is 0 Å². The molecule has 14 nitrogen and oxygen atoms in total. The SMILES string of the molecule is COC(=O)N[C@H](C(=O)N1CCC[C@H]1C1NC=C(c2ccc3cc(-c4ccc(-c5cnc([C@@H]6CCCN6C(=O)[C@H](NC(=O)CN(C)C)c6ccccc6)[nH]5)cc4)ccc3c2)N1)C(C)C. The number of amides is 4. The maximum absolute atomic E-state index is 14.1. The Morgan fingerprint density at radius 2 is 1.48 bits per heavy atom. The van der Waals surface area contributed by atoms with Crippen LogP contribution in [-0.2, 0) is 19.1 Å². The molecule has 63 heavy (non-hydrogen) atoms. The molecule has 4 heterocycles. The molecule has 1 aromatic heterocycles. The fourth-order valence-corrected chi connectivity index (χ4v) is 9.08. The van der Waals surface area contributed by atoms with Crippen molar-refractivity contribution in [3.8, 4) is 22.4 Å². The molecule has 2 fully saturated rings. The van der Waals surface area contributed by atoms with Crippen molar-refractivity contribution in [2.24, 2.45) is 5.92 Å². The number of carbonyl (C=O) groups excluding carboxylic acids is 4. The van der Waals surface area contributed by atoms with Gasteiger partial charge in [0.25, 0.3) is 0 Å². The lowest BCUT2D eigenvalue weighted by atomic mass is 9.98. The van der Waals surface area contributed by atoms with Crippen molar-refractivity contribution >= 4 is 40.3 Å². The predicted octanol–water partition coefficient (Wildman–Crippen LogP) is 6.17. The number of likely N-dealkylation sites (tertiary alicyclic amines) is 2. The van der Waals surface area contributed by atoms with Crippen molar-refractivity contribution in [1.29, 1.82) is 0 Å². The van der Waals surface area contributed by atoms with E-state index >= 15 is 0 Å². The van der Waals surface area contributed by atoms with E-state index in [1.54, 1.807) is 4.90 Å². The largest absolute Gasteiger partial charge is 0.453 e. The molecular formula is C49H57N9O5. The summed E-state index contributed by atoms with van der Waals surface area (Å²) in [7, 11) is 4.96. The Labute approximate surface area is 368 Å². The summed E-state index contributed by atoms with van der Waals surface area (Å²) in [5, 5.41) is 15.0. The summed E-state index contributed by atoms with van der Waals surface area (Å²) < 4.78 is 4.79. The zero-order valence-electron chi connectivity index (χ0n) is 36.6. The second-order valence-electron chi connectivity index (χ2n) is 17.3. The Kier molecular flexibility index (Phi) is 12.8. The molecule has 14 heteroatoms. The van der Waals surface area contributed by atoms with Gasteiger partial charge in [0.05, 0.1) is 43.3 Å². The number of likely N-dealkylation sites (N-methyl/N-ethyl adjacent to an activating group) is 1. The maximum Gasteiger partial charge on any atom is 0.407 e. The molecule has 3 aliphatic rings. The quantitative estimate of drug-likeness (QED) is 0.0933. The highest BCUT2D eigenvalue weighted by atomic mass is 16.5. The average Bonchev–Trinajstić information content (AvgIpc) is 4.14. The summed E-state index contributed by atoms with van der Waals surface area (Å²) in [6.45, 7) is 5.25. The molecule has 3 aliphatic heterocycles. The number of imidazole rings is 1. The number of carbonyl (C=O) groups is 4. The van der Waals surface area contributed by atoms with Crippen LogP contribution in [0.3, 0.4) is 0 Å². The van der Waals surface area contributed by atoms with Gasteiger partial charge in [-0.1, -0.05) is 92.7 Å². The zero-order valence-corrected chi connectivity index (χ0v) is 36.6. The highest BCUT2D eigenvalue weighted by Gasteiger charge is 2.41. The van der Waals surface area contributed by atoms with E-state index in [4.69, 9.17) is 9.72 Å². The van der Waals surface area contributed by atoms with Crippen LogP contribution in [0.25, 0.3) is 38.9 Å². The number of hydrogen-bond acceptors (Lipinski definition) is 9. The molecule has 0 aliphatic carbocycles. The Balaban J connectivity index is 0.914. The topological polar surface area (TPSA) is 164 Å². The van der Waals surface area contributed by atoms with Gasteiger partial charge in [-0.15, -0.1) is 0 Å². The number of benzene rings is 4. The first kappa shape index (κ1) is 43.0. The Morgan fingerprint density at radius 1 is 0.810 bits per heavy atom. The van der Waals surface area contributed by atoms with E-state index in [-0.39, 0.29) is 48.4 Å². The van der Waals surface area contributed by atoms with Gasteiger partial charge < -0.3 is 45.7 Å². The molecule has 8 rings (SSSR count). The molecule has 5 aromatic rings. The van der Waals surface area contributed by atoms with E-state index in [0.717, 1.165) is 81.5 Å². The molecule has 0 bridgehead atoms. The standard InChI is InChI=1S/C49H57N9O5/c1-30(2)43(55-49(62)63-5)47(60)57-23-9-13-40(57)46-51-28-39(53-46)37-22-21-35-25-34(19-20-36(35)26-37)31-15-17-32(18-16-31)38-27-50-45(52-38)41-14-10-24-58(41)48(61)44(33-11-7-6-8-12-33)54-42(59)29-56(3)4/h6-8,11-12,15-22,25-28,30,40-41,43-44,46,51,53H,9-10,13-14,23-24,29H2,1-5H3,(H,50,52)(H,54,59)(H,55,62)/t40-,41-,43-,44+,46?/m0/s1. The minimum atomic E-state index is -0.790. The molecule has 4 amide bonds. The van der Waals surface area contributed by atoms with Crippen LogP contribution in [0.4, 0.5) is 4.79 Å².